The molecule has 2 aliphatic rings. The predicted octanol–water partition coefficient (Wildman–Crippen LogP) is 2.37. The van der Waals surface area contributed by atoms with Crippen molar-refractivity contribution in [2.75, 3.05) is 16.8 Å². The molecule has 0 unspecified atom stereocenters. The lowest BCUT2D eigenvalue weighted by molar-refractivity contribution is 0.0535. The Labute approximate surface area is 111 Å². The number of cyclic esters (lactones) is 1. The Kier molecular flexibility index (Phi) is 3.16. The molecule has 0 bridgehead atoms. The van der Waals surface area contributed by atoms with Crippen molar-refractivity contribution in [2.24, 2.45) is 0 Å². The Hall–Kier alpha value is -1.23. The quantitative estimate of drug-likeness (QED) is 0.831. The molecule has 96 valence electrons. The molecular formula is C13H16N2O2S. The van der Waals surface area contributed by atoms with Crippen molar-refractivity contribution in [3.63, 3.8) is 0 Å². The fourth-order valence-electron chi connectivity index (χ4n) is 2.44. The van der Waals surface area contributed by atoms with E-state index in [2.05, 4.69) is 10.3 Å². The first kappa shape index (κ1) is 11.8. The highest BCUT2D eigenvalue weighted by molar-refractivity contribution is 7.99. The molecule has 1 aromatic heterocycles. The van der Waals surface area contributed by atoms with Crippen molar-refractivity contribution in [3.05, 3.63) is 22.9 Å². The molecule has 0 saturated carbocycles. The Bertz CT molecular complexity index is 484. The number of carbonyl (C=O) groups is 1. The molecule has 4 nitrogen and oxygen atoms in total. The van der Waals surface area contributed by atoms with Crippen LogP contribution in [0.4, 0.5) is 5.82 Å². The van der Waals surface area contributed by atoms with Crippen LogP contribution in [0, 0.1) is 6.92 Å². The van der Waals surface area contributed by atoms with E-state index in [1.165, 1.54) is 11.5 Å². The average molecular weight is 264 g/mol. The molecule has 0 radical (unpaired) electrons. The standard InChI is InChI=1S/C13H16N2O2S/c1-8-6-9-7-17-13(16)11(9)12(14-8)15-10-2-4-18-5-3-10/h6,10H,2-5,7H2,1H3,(H,14,15). The van der Waals surface area contributed by atoms with E-state index >= 15 is 0 Å². The molecule has 1 aromatic rings. The van der Waals surface area contributed by atoms with Crippen LogP contribution in [0.5, 0.6) is 0 Å². The number of thioether (sulfide) groups is 1. The molecule has 2 aliphatic heterocycles. The summed E-state index contributed by atoms with van der Waals surface area (Å²) in [7, 11) is 0. The number of anilines is 1. The number of carbonyl (C=O) groups excluding carboxylic acids is 1. The highest BCUT2D eigenvalue weighted by Gasteiger charge is 2.27. The van der Waals surface area contributed by atoms with Crippen LogP contribution in [0.1, 0.15) is 34.5 Å². The van der Waals surface area contributed by atoms with E-state index in [4.69, 9.17) is 4.74 Å². The zero-order valence-corrected chi connectivity index (χ0v) is 11.2. The SMILES string of the molecule is Cc1cc2c(c(NC3CCSCC3)n1)C(=O)OC2. The smallest absolute Gasteiger partial charge is 0.342 e. The number of hydrogen-bond acceptors (Lipinski definition) is 5. The van der Waals surface area contributed by atoms with Gasteiger partial charge >= 0.3 is 5.97 Å². The van der Waals surface area contributed by atoms with Crippen molar-refractivity contribution in [3.8, 4) is 0 Å². The van der Waals surface area contributed by atoms with Gasteiger partial charge in [0.25, 0.3) is 0 Å². The zero-order valence-electron chi connectivity index (χ0n) is 10.4. The van der Waals surface area contributed by atoms with E-state index in [1.54, 1.807) is 0 Å². The minimum atomic E-state index is -0.245. The molecule has 3 rings (SSSR count). The minimum Gasteiger partial charge on any atom is -0.457 e. The largest absolute Gasteiger partial charge is 0.457 e. The first-order valence-corrected chi connectivity index (χ1v) is 7.41. The van der Waals surface area contributed by atoms with Crippen LogP contribution in [0.25, 0.3) is 0 Å². The molecule has 3 heterocycles. The van der Waals surface area contributed by atoms with Gasteiger partial charge in [-0.05, 0) is 37.3 Å². The van der Waals surface area contributed by atoms with Gasteiger partial charge in [-0.25, -0.2) is 9.78 Å². The summed E-state index contributed by atoms with van der Waals surface area (Å²) in [5.74, 6) is 2.82. The van der Waals surface area contributed by atoms with Crippen molar-refractivity contribution < 1.29 is 9.53 Å². The number of pyridine rings is 1. The van der Waals surface area contributed by atoms with Crippen LogP contribution in [-0.2, 0) is 11.3 Å². The maximum atomic E-state index is 11.7. The summed E-state index contributed by atoms with van der Waals surface area (Å²) in [6, 6.07) is 2.36. The summed E-state index contributed by atoms with van der Waals surface area (Å²) < 4.78 is 5.09. The van der Waals surface area contributed by atoms with Gasteiger partial charge in [0.2, 0.25) is 0 Å². The Balaban J connectivity index is 1.89. The number of hydrogen-bond donors (Lipinski definition) is 1. The molecule has 0 atom stereocenters. The molecule has 18 heavy (non-hydrogen) atoms. The third-order valence-corrected chi connectivity index (χ3v) is 4.40. The third kappa shape index (κ3) is 2.19. The van der Waals surface area contributed by atoms with Gasteiger partial charge in [0.1, 0.15) is 18.0 Å². The summed E-state index contributed by atoms with van der Waals surface area (Å²) in [4.78, 5) is 16.2. The van der Waals surface area contributed by atoms with Crippen molar-refractivity contribution in [1.29, 1.82) is 0 Å². The summed E-state index contributed by atoms with van der Waals surface area (Å²) >= 11 is 1.99. The van der Waals surface area contributed by atoms with E-state index in [0.29, 0.717) is 24.0 Å². The van der Waals surface area contributed by atoms with Gasteiger partial charge in [0, 0.05) is 17.3 Å². The maximum absolute atomic E-state index is 11.7. The molecule has 1 fully saturated rings. The van der Waals surface area contributed by atoms with Crippen LogP contribution in [0.15, 0.2) is 6.07 Å². The van der Waals surface area contributed by atoms with Crippen LogP contribution in [0.3, 0.4) is 0 Å². The molecule has 0 spiro atoms. The second-order valence-electron chi connectivity index (χ2n) is 4.75. The number of aryl methyl sites for hydroxylation is 1. The lowest BCUT2D eigenvalue weighted by Crippen LogP contribution is -2.26. The fourth-order valence-corrected chi connectivity index (χ4v) is 3.54. The number of rotatable bonds is 2. The number of esters is 1. The predicted molar refractivity (Wildman–Crippen MR) is 72.1 cm³/mol. The molecule has 1 N–H and O–H groups in total. The second-order valence-corrected chi connectivity index (χ2v) is 5.98. The molecular weight excluding hydrogens is 248 g/mol. The van der Waals surface area contributed by atoms with E-state index in [0.717, 1.165) is 24.1 Å². The van der Waals surface area contributed by atoms with Gasteiger partial charge < -0.3 is 10.1 Å². The van der Waals surface area contributed by atoms with Crippen LogP contribution < -0.4 is 5.32 Å². The summed E-state index contributed by atoms with van der Waals surface area (Å²) in [6.45, 7) is 2.33. The highest BCUT2D eigenvalue weighted by Crippen LogP contribution is 2.29. The van der Waals surface area contributed by atoms with E-state index < -0.39 is 0 Å². The van der Waals surface area contributed by atoms with E-state index in [1.807, 2.05) is 24.8 Å². The highest BCUT2D eigenvalue weighted by atomic mass is 32.2. The second kappa shape index (κ2) is 4.80. The van der Waals surface area contributed by atoms with Gasteiger partial charge in [-0.1, -0.05) is 0 Å². The van der Waals surface area contributed by atoms with Crippen LogP contribution in [0.2, 0.25) is 0 Å². The van der Waals surface area contributed by atoms with Gasteiger partial charge in [0.05, 0.1) is 0 Å². The van der Waals surface area contributed by atoms with Gasteiger partial charge in [-0.3, -0.25) is 0 Å². The monoisotopic (exact) mass is 264 g/mol. The molecule has 5 heteroatoms. The number of aromatic nitrogens is 1. The van der Waals surface area contributed by atoms with E-state index in [9.17, 15) is 4.79 Å². The molecule has 1 saturated heterocycles. The minimum absolute atomic E-state index is 0.245. The van der Waals surface area contributed by atoms with Gasteiger partial charge in [-0.15, -0.1) is 0 Å². The van der Waals surface area contributed by atoms with Crippen LogP contribution in [-0.4, -0.2) is 28.5 Å². The molecule has 0 aromatic carbocycles. The Morgan fingerprint density at radius 3 is 3.00 bits per heavy atom. The molecule has 0 amide bonds. The van der Waals surface area contributed by atoms with Gasteiger partial charge in [-0.2, -0.15) is 11.8 Å². The number of fused-ring (bicyclic) bond motifs is 1. The molecule has 0 aliphatic carbocycles. The average Bonchev–Trinajstić information content (AvgIpc) is 2.72. The first-order chi connectivity index (χ1) is 8.74. The summed E-state index contributed by atoms with van der Waals surface area (Å²) in [5, 5.41) is 3.43. The lowest BCUT2D eigenvalue weighted by atomic mass is 10.1. The fraction of sp³-hybridized carbons (Fsp3) is 0.538. The number of nitrogens with zero attached hydrogens (tertiary/aromatic N) is 1. The third-order valence-electron chi connectivity index (χ3n) is 3.35. The van der Waals surface area contributed by atoms with E-state index in [-0.39, 0.29) is 5.97 Å². The Morgan fingerprint density at radius 1 is 1.44 bits per heavy atom. The van der Waals surface area contributed by atoms with Crippen LogP contribution >= 0.6 is 11.8 Å². The number of nitrogens with one attached hydrogen (secondary N) is 1. The topological polar surface area (TPSA) is 51.2 Å². The van der Waals surface area contributed by atoms with Crippen molar-refractivity contribution in [2.45, 2.75) is 32.4 Å². The lowest BCUT2D eigenvalue weighted by Gasteiger charge is -2.23. The van der Waals surface area contributed by atoms with Crippen molar-refractivity contribution >= 4 is 23.5 Å². The zero-order chi connectivity index (χ0) is 12.5. The summed E-state index contributed by atoms with van der Waals surface area (Å²) in [5.41, 5.74) is 2.53. The Morgan fingerprint density at radius 2 is 2.22 bits per heavy atom. The summed E-state index contributed by atoms with van der Waals surface area (Å²) in [6.07, 6.45) is 2.26. The van der Waals surface area contributed by atoms with Gasteiger partial charge in [0.15, 0.2) is 0 Å². The normalized spacial score (nSPS) is 19.5. The maximum Gasteiger partial charge on any atom is 0.342 e. The first-order valence-electron chi connectivity index (χ1n) is 6.26. The van der Waals surface area contributed by atoms with Crippen molar-refractivity contribution in [1.82, 2.24) is 4.98 Å². The number of ether oxygens (including phenoxy) is 1.